The van der Waals surface area contributed by atoms with Crippen molar-refractivity contribution in [2.45, 2.75) is 31.3 Å². The third kappa shape index (κ3) is 2.87. The Morgan fingerprint density at radius 3 is 3.14 bits per heavy atom. The second kappa shape index (κ2) is 6.27. The lowest BCUT2D eigenvalue weighted by Gasteiger charge is -2.22. The highest BCUT2D eigenvalue weighted by Gasteiger charge is 2.28. The van der Waals surface area contributed by atoms with E-state index in [1.165, 1.54) is 12.1 Å². The van der Waals surface area contributed by atoms with E-state index in [0.29, 0.717) is 0 Å². The van der Waals surface area contributed by atoms with Gasteiger partial charge in [0.25, 0.3) is 0 Å². The van der Waals surface area contributed by atoms with Gasteiger partial charge >= 0.3 is 0 Å². The van der Waals surface area contributed by atoms with Crippen LogP contribution in [0.25, 0.3) is 0 Å². The minimum Gasteiger partial charge on any atom is -0.386 e. The van der Waals surface area contributed by atoms with E-state index >= 15 is 0 Å². The molecule has 2 unspecified atom stereocenters. The highest BCUT2D eigenvalue weighted by molar-refractivity contribution is 5.84. The minimum atomic E-state index is -1.06. The van der Waals surface area contributed by atoms with E-state index in [0.717, 1.165) is 30.5 Å². The van der Waals surface area contributed by atoms with Gasteiger partial charge < -0.3 is 10.4 Å². The number of carbonyl (C=O) groups is 1. The molecule has 0 radical (unpaired) electrons. The highest BCUT2D eigenvalue weighted by Crippen LogP contribution is 2.30. The van der Waals surface area contributed by atoms with Crippen LogP contribution in [0, 0.1) is 5.82 Å². The van der Waals surface area contributed by atoms with Crippen molar-refractivity contribution in [3.05, 3.63) is 53.1 Å². The molecule has 22 heavy (non-hydrogen) atoms. The maximum atomic E-state index is 13.6. The molecule has 0 bridgehead atoms. The summed E-state index contributed by atoms with van der Waals surface area (Å²) in [7, 11) is 0. The van der Waals surface area contributed by atoms with Crippen LogP contribution in [-0.2, 0) is 11.2 Å². The van der Waals surface area contributed by atoms with Crippen LogP contribution >= 0.6 is 0 Å². The zero-order valence-electron chi connectivity index (χ0n) is 12.1. The molecule has 0 spiro atoms. The summed E-state index contributed by atoms with van der Waals surface area (Å²) in [6.07, 6.45) is 3.21. The SMILES string of the molecule is O=C(NCC(O)c1ccccc1F)C1CCCc2[nH]ncc21. The Hall–Kier alpha value is -2.21. The van der Waals surface area contributed by atoms with Crippen LogP contribution in [0.1, 0.15) is 41.7 Å². The van der Waals surface area contributed by atoms with Crippen LogP contribution in [0.4, 0.5) is 4.39 Å². The number of aliphatic hydroxyl groups is 1. The molecule has 3 rings (SSSR count). The average molecular weight is 303 g/mol. The number of aryl methyl sites for hydroxylation is 1. The number of halogens is 1. The smallest absolute Gasteiger partial charge is 0.227 e. The standard InChI is InChI=1S/C16H18FN3O2/c17-13-6-2-1-4-11(13)15(21)9-18-16(22)10-5-3-7-14-12(10)8-19-20-14/h1-2,4,6,8,10,15,21H,3,5,7,9H2,(H,18,22)(H,19,20). The number of hydrogen-bond acceptors (Lipinski definition) is 3. The fourth-order valence-electron chi connectivity index (χ4n) is 2.91. The van der Waals surface area contributed by atoms with Crippen LogP contribution in [0.3, 0.4) is 0 Å². The maximum Gasteiger partial charge on any atom is 0.227 e. The van der Waals surface area contributed by atoms with Gasteiger partial charge in [0.15, 0.2) is 0 Å². The van der Waals surface area contributed by atoms with Gasteiger partial charge in [-0.15, -0.1) is 0 Å². The van der Waals surface area contributed by atoms with Gasteiger partial charge in [0.1, 0.15) is 5.82 Å². The van der Waals surface area contributed by atoms with Crippen molar-refractivity contribution in [3.63, 3.8) is 0 Å². The molecule has 1 heterocycles. The zero-order valence-corrected chi connectivity index (χ0v) is 12.1. The summed E-state index contributed by atoms with van der Waals surface area (Å²) in [5, 5.41) is 19.6. The Labute approximate surface area is 127 Å². The monoisotopic (exact) mass is 303 g/mol. The van der Waals surface area contributed by atoms with Crippen molar-refractivity contribution in [1.82, 2.24) is 15.5 Å². The van der Waals surface area contributed by atoms with Gasteiger partial charge in [-0.2, -0.15) is 5.10 Å². The quantitative estimate of drug-likeness (QED) is 0.806. The minimum absolute atomic E-state index is 0.0105. The predicted octanol–water partition coefficient (Wildman–Crippen LogP) is 1.82. The summed E-state index contributed by atoms with van der Waals surface area (Å²) >= 11 is 0. The molecule has 0 aliphatic heterocycles. The first-order chi connectivity index (χ1) is 10.7. The number of aliphatic hydroxyl groups excluding tert-OH is 1. The Balaban J connectivity index is 1.63. The molecule has 0 saturated heterocycles. The Bertz CT molecular complexity index is 671. The lowest BCUT2D eigenvalue weighted by atomic mass is 9.86. The normalized spacial score (nSPS) is 18.5. The number of nitrogens with zero attached hydrogens (tertiary/aromatic N) is 1. The molecule has 2 aromatic rings. The van der Waals surface area contributed by atoms with Gasteiger partial charge in [0.2, 0.25) is 5.91 Å². The van der Waals surface area contributed by atoms with Crippen molar-refractivity contribution in [1.29, 1.82) is 0 Å². The number of nitrogens with one attached hydrogen (secondary N) is 2. The Morgan fingerprint density at radius 2 is 2.32 bits per heavy atom. The molecular weight excluding hydrogens is 285 g/mol. The van der Waals surface area contributed by atoms with Crippen LogP contribution in [0.5, 0.6) is 0 Å². The van der Waals surface area contributed by atoms with Gasteiger partial charge in [-0.1, -0.05) is 18.2 Å². The molecule has 1 aromatic heterocycles. The van der Waals surface area contributed by atoms with Gasteiger partial charge in [0.05, 0.1) is 18.2 Å². The van der Waals surface area contributed by atoms with E-state index in [1.807, 2.05) is 0 Å². The van der Waals surface area contributed by atoms with Crippen LogP contribution in [-0.4, -0.2) is 27.8 Å². The van der Waals surface area contributed by atoms with Gasteiger partial charge in [-0.05, 0) is 25.3 Å². The number of rotatable bonds is 4. The van der Waals surface area contributed by atoms with E-state index in [4.69, 9.17) is 0 Å². The summed E-state index contributed by atoms with van der Waals surface area (Å²) in [4.78, 5) is 12.3. The molecular formula is C16H18FN3O2. The first kappa shape index (κ1) is 14.7. The number of carbonyl (C=O) groups excluding carboxylic acids is 1. The summed E-state index contributed by atoms with van der Waals surface area (Å²) in [5.41, 5.74) is 2.11. The van der Waals surface area contributed by atoms with Gasteiger partial charge in [0, 0.05) is 23.4 Å². The molecule has 0 fully saturated rings. The summed E-state index contributed by atoms with van der Waals surface area (Å²) < 4.78 is 13.6. The fourth-order valence-corrected chi connectivity index (χ4v) is 2.91. The van der Waals surface area contributed by atoms with Crippen molar-refractivity contribution in [3.8, 4) is 0 Å². The summed E-state index contributed by atoms with van der Waals surface area (Å²) in [5.74, 6) is -0.882. The molecule has 1 aromatic carbocycles. The second-order valence-corrected chi connectivity index (χ2v) is 5.53. The molecule has 2 atom stereocenters. The Morgan fingerprint density at radius 1 is 1.50 bits per heavy atom. The highest BCUT2D eigenvalue weighted by atomic mass is 19.1. The number of amides is 1. The second-order valence-electron chi connectivity index (χ2n) is 5.53. The molecule has 0 saturated carbocycles. The zero-order chi connectivity index (χ0) is 15.5. The summed E-state index contributed by atoms with van der Waals surface area (Å²) in [6.45, 7) is -0.0105. The van der Waals surface area contributed by atoms with Crippen molar-refractivity contribution >= 4 is 5.91 Å². The van der Waals surface area contributed by atoms with Crippen LogP contribution in [0.15, 0.2) is 30.5 Å². The molecule has 5 nitrogen and oxygen atoms in total. The molecule has 3 N–H and O–H groups in total. The number of aromatic amines is 1. The van der Waals surface area contributed by atoms with Crippen molar-refractivity contribution in [2.24, 2.45) is 0 Å². The van der Waals surface area contributed by atoms with Crippen LogP contribution < -0.4 is 5.32 Å². The number of hydrogen-bond donors (Lipinski definition) is 3. The van der Waals surface area contributed by atoms with Crippen molar-refractivity contribution in [2.75, 3.05) is 6.54 Å². The average Bonchev–Trinajstić information content (AvgIpc) is 3.01. The first-order valence-corrected chi connectivity index (χ1v) is 7.39. The fraction of sp³-hybridized carbons (Fsp3) is 0.375. The maximum absolute atomic E-state index is 13.6. The molecule has 1 aliphatic rings. The van der Waals surface area contributed by atoms with E-state index in [2.05, 4.69) is 15.5 Å². The molecule has 1 amide bonds. The number of H-pyrrole nitrogens is 1. The number of aromatic nitrogens is 2. The topological polar surface area (TPSA) is 78.0 Å². The molecule has 1 aliphatic carbocycles. The third-order valence-electron chi connectivity index (χ3n) is 4.10. The lowest BCUT2D eigenvalue weighted by Crippen LogP contribution is -2.34. The largest absolute Gasteiger partial charge is 0.386 e. The lowest BCUT2D eigenvalue weighted by molar-refractivity contribution is -0.123. The third-order valence-corrected chi connectivity index (χ3v) is 4.10. The summed E-state index contributed by atoms with van der Waals surface area (Å²) in [6, 6.07) is 6.02. The molecule has 6 heteroatoms. The van der Waals surface area contributed by atoms with E-state index < -0.39 is 11.9 Å². The number of benzene rings is 1. The van der Waals surface area contributed by atoms with Gasteiger partial charge in [-0.25, -0.2) is 4.39 Å². The van der Waals surface area contributed by atoms with Gasteiger partial charge in [-0.3, -0.25) is 9.89 Å². The van der Waals surface area contributed by atoms with E-state index in [9.17, 15) is 14.3 Å². The predicted molar refractivity (Wildman–Crippen MR) is 78.6 cm³/mol. The number of fused-ring (bicyclic) bond motifs is 1. The van der Waals surface area contributed by atoms with Crippen molar-refractivity contribution < 1.29 is 14.3 Å². The van der Waals surface area contributed by atoms with E-state index in [-0.39, 0.29) is 23.9 Å². The van der Waals surface area contributed by atoms with E-state index in [1.54, 1.807) is 18.3 Å². The first-order valence-electron chi connectivity index (χ1n) is 7.39. The Kier molecular flexibility index (Phi) is 4.20. The van der Waals surface area contributed by atoms with Crippen LogP contribution in [0.2, 0.25) is 0 Å². The molecule has 116 valence electrons.